The van der Waals surface area contributed by atoms with E-state index in [1.54, 1.807) is 18.7 Å². The smallest absolute Gasteiger partial charge is 0.237 e. The molecule has 1 aliphatic heterocycles. The molecule has 7 nitrogen and oxygen atoms in total. The Labute approximate surface area is 124 Å². The average Bonchev–Trinajstić information content (AvgIpc) is 3.16. The van der Waals surface area contributed by atoms with Gasteiger partial charge in [0.2, 0.25) is 11.0 Å². The Morgan fingerprint density at radius 2 is 2.40 bits per heavy atom. The van der Waals surface area contributed by atoms with Crippen LogP contribution in [-0.4, -0.2) is 39.6 Å². The summed E-state index contributed by atoms with van der Waals surface area (Å²) in [5.41, 5.74) is 0. The minimum absolute atomic E-state index is 0.302. The molecule has 1 fully saturated rings. The van der Waals surface area contributed by atoms with Gasteiger partial charge in [-0.15, -0.1) is 10.2 Å². The van der Waals surface area contributed by atoms with E-state index in [2.05, 4.69) is 25.7 Å². The van der Waals surface area contributed by atoms with Crippen molar-refractivity contribution in [1.29, 1.82) is 0 Å². The third-order valence-corrected chi connectivity index (χ3v) is 4.80. The predicted molar refractivity (Wildman–Crippen MR) is 76.0 cm³/mol. The molecule has 1 aliphatic rings. The van der Waals surface area contributed by atoms with Gasteiger partial charge in [-0.2, -0.15) is 4.98 Å². The maximum absolute atomic E-state index is 5.55. The summed E-state index contributed by atoms with van der Waals surface area (Å²) in [5.74, 6) is 1.87. The van der Waals surface area contributed by atoms with Crippen molar-refractivity contribution in [2.75, 3.05) is 18.5 Å². The predicted octanol–water partition coefficient (Wildman–Crippen LogP) is 2.11. The van der Waals surface area contributed by atoms with Gasteiger partial charge < -0.3 is 14.6 Å². The quantitative estimate of drug-likeness (QED) is 0.812. The molecule has 0 bridgehead atoms. The number of rotatable bonds is 6. The lowest BCUT2D eigenvalue weighted by molar-refractivity contribution is 0.120. The van der Waals surface area contributed by atoms with Crippen LogP contribution in [0.25, 0.3) is 0 Å². The largest absolute Gasteiger partial charge is 0.376 e. The highest BCUT2D eigenvalue weighted by molar-refractivity contribution is 8.00. The summed E-state index contributed by atoms with van der Waals surface area (Å²) in [4.78, 5) is 4.15. The minimum atomic E-state index is 0.302. The summed E-state index contributed by atoms with van der Waals surface area (Å²) in [6, 6.07) is 0. The first-order valence-corrected chi connectivity index (χ1v) is 8.21. The van der Waals surface area contributed by atoms with E-state index in [-0.39, 0.29) is 0 Å². The second-order valence-corrected chi connectivity index (χ2v) is 6.61. The lowest BCUT2D eigenvalue weighted by Gasteiger charge is -2.08. The van der Waals surface area contributed by atoms with E-state index in [0.29, 0.717) is 23.6 Å². The van der Waals surface area contributed by atoms with E-state index in [4.69, 9.17) is 9.26 Å². The molecule has 108 valence electrons. The SMILES string of the molecule is Cc1noc(CSc2nnc(NCC3CCCO3)s2)n1. The van der Waals surface area contributed by atoms with Crippen LogP contribution in [-0.2, 0) is 10.5 Å². The molecule has 1 unspecified atom stereocenters. The Morgan fingerprint density at radius 3 is 3.15 bits per heavy atom. The van der Waals surface area contributed by atoms with Gasteiger partial charge in [-0.05, 0) is 19.8 Å². The van der Waals surface area contributed by atoms with Gasteiger partial charge in [-0.1, -0.05) is 28.3 Å². The van der Waals surface area contributed by atoms with Crippen LogP contribution in [0.1, 0.15) is 24.6 Å². The van der Waals surface area contributed by atoms with Crippen LogP contribution in [0.15, 0.2) is 8.86 Å². The zero-order valence-electron chi connectivity index (χ0n) is 11.0. The number of ether oxygens (including phenoxy) is 1. The molecule has 0 amide bonds. The van der Waals surface area contributed by atoms with Gasteiger partial charge >= 0.3 is 0 Å². The molecule has 9 heteroatoms. The molecule has 1 atom stereocenters. The van der Waals surface area contributed by atoms with Crippen LogP contribution < -0.4 is 5.32 Å². The highest BCUT2D eigenvalue weighted by atomic mass is 32.2. The molecule has 2 aromatic rings. The molecule has 1 N–H and O–H groups in total. The molecule has 0 radical (unpaired) electrons. The Morgan fingerprint density at radius 1 is 1.45 bits per heavy atom. The lowest BCUT2D eigenvalue weighted by atomic mass is 10.2. The highest BCUT2D eigenvalue weighted by Crippen LogP contribution is 2.28. The first-order chi connectivity index (χ1) is 9.79. The molecular weight excluding hydrogens is 298 g/mol. The van der Waals surface area contributed by atoms with Crippen molar-refractivity contribution in [3.8, 4) is 0 Å². The maximum Gasteiger partial charge on any atom is 0.237 e. The molecular formula is C11H15N5O2S2. The topological polar surface area (TPSA) is 86.0 Å². The molecule has 0 aliphatic carbocycles. The fraction of sp³-hybridized carbons (Fsp3) is 0.636. The van der Waals surface area contributed by atoms with Gasteiger partial charge in [-0.3, -0.25) is 0 Å². The van der Waals surface area contributed by atoms with Gasteiger partial charge in [0.05, 0.1) is 11.9 Å². The van der Waals surface area contributed by atoms with Gasteiger partial charge in [0, 0.05) is 13.2 Å². The number of aromatic nitrogens is 4. The number of anilines is 1. The van der Waals surface area contributed by atoms with Crippen molar-refractivity contribution < 1.29 is 9.26 Å². The molecule has 2 aromatic heterocycles. The number of nitrogens with one attached hydrogen (secondary N) is 1. The lowest BCUT2D eigenvalue weighted by Crippen LogP contribution is -2.18. The first-order valence-electron chi connectivity index (χ1n) is 6.40. The molecule has 0 aromatic carbocycles. The third-order valence-electron chi connectivity index (χ3n) is 2.80. The van der Waals surface area contributed by atoms with Crippen LogP contribution >= 0.6 is 23.1 Å². The van der Waals surface area contributed by atoms with Crippen LogP contribution in [0.5, 0.6) is 0 Å². The fourth-order valence-electron chi connectivity index (χ4n) is 1.87. The Balaban J connectivity index is 1.46. The maximum atomic E-state index is 5.55. The molecule has 0 spiro atoms. The Kier molecular flexibility index (Phi) is 4.48. The summed E-state index contributed by atoms with van der Waals surface area (Å²) in [5, 5.41) is 16.1. The highest BCUT2D eigenvalue weighted by Gasteiger charge is 2.16. The summed E-state index contributed by atoms with van der Waals surface area (Å²) in [6.07, 6.45) is 2.56. The van der Waals surface area contributed by atoms with E-state index in [9.17, 15) is 0 Å². The number of hydrogen-bond acceptors (Lipinski definition) is 9. The van der Waals surface area contributed by atoms with Crippen LogP contribution in [0.2, 0.25) is 0 Å². The van der Waals surface area contributed by atoms with Crippen molar-refractivity contribution in [2.45, 2.75) is 36.0 Å². The molecule has 1 saturated heterocycles. The fourth-order valence-corrected chi connectivity index (χ4v) is 3.46. The zero-order chi connectivity index (χ0) is 13.8. The Bertz CT molecular complexity index is 553. The van der Waals surface area contributed by atoms with Crippen molar-refractivity contribution in [1.82, 2.24) is 20.3 Å². The molecule has 3 heterocycles. The van der Waals surface area contributed by atoms with Crippen LogP contribution in [0.3, 0.4) is 0 Å². The van der Waals surface area contributed by atoms with E-state index in [1.807, 2.05) is 0 Å². The molecule has 0 saturated carbocycles. The van der Waals surface area contributed by atoms with Crippen molar-refractivity contribution in [3.05, 3.63) is 11.7 Å². The molecule has 3 rings (SSSR count). The van der Waals surface area contributed by atoms with Gasteiger partial charge in [0.25, 0.3) is 0 Å². The van der Waals surface area contributed by atoms with Crippen molar-refractivity contribution >= 4 is 28.2 Å². The summed E-state index contributed by atoms with van der Waals surface area (Å²) in [6.45, 7) is 3.46. The second kappa shape index (κ2) is 6.51. The van der Waals surface area contributed by atoms with Crippen LogP contribution in [0, 0.1) is 6.92 Å². The summed E-state index contributed by atoms with van der Waals surface area (Å²) >= 11 is 3.07. The number of aryl methyl sites for hydroxylation is 1. The number of hydrogen-bond donors (Lipinski definition) is 1. The second-order valence-electron chi connectivity index (χ2n) is 4.41. The van der Waals surface area contributed by atoms with Crippen LogP contribution in [0.4, 0.5) is 5.13 Å². The average molecular weight is 313 g/mol. The van der Waals surface area contributed by atoms with Gasteiger partial charge in [-0.25, -0.2) is 0 Å². The van der Waals surface area contributed by atoms with E-state index >= 15 is 0 Å². The minimum Gasteiger partial charge on any atom is -0.376 e. The van der Waals surface area contributed by atoms with Crippen molar-refractivity contribution in [3.63, 3.8) is 0 Å². The van der Waals surface area contributed by atoms with Gasteiger partial charge in [0.15, 0.2) is 10.2 Å². The zero-order valence-corrected chi connectivity index (χ0v) is 12.7. The van der Waals surface area contributed by atoms with E-state index in [0.717, 1.165) is 35.5 Å². The third kappa shape index (κ3) is 3.68. The monoisotopic (exact) mass is 313 g/mol. The Hall–Kier alpha value is -1.19. The number of nitrogens with zero attached hydrogens (tertiary/aromatic N) is 4. The molecule has 20 heavy (non-hydrogen) atoms. The summed E-state index contributed by atoms with van der Waals surface area (Å²) in [7, 11) is 0. The standard InChI is InChI=1S/C11H15N5O2S2/c1-7-13-9(18-16-7)6-19-11-15-14-10(20-11)12-5-8-3-2-4-17-8/h8H,2-6H2,1H3,(H,12,14). The van der Waals surface area contributed by atoms with Crippen molar-refractivity contribution in [2.24, 2.45) is 0 Å². The normalized spacial score (nSPS) is 18.6. The van der Waals surface area contributed by atoms with Gasteiger partial charge in [0.1, 0.15) is 0 Å². The first kappa shape index (κ1) is 13.8. The van der Waals surface area contributed by atoms with E-state index < -0.39 is 0 Å². The number of thioether (sulfide) groups is 1. The summed E-state index contributed by atoms with van der Waals surface area (Å²) < 4.78 is 11.5. The van der Waals surface area contributed by atoms with E-state index in [1.165, 1.54) is 11.3 Å².